The summed E-state index contributed by atoms with van der Waals surface area (Å²) in [7, 11) is 0. The lowest BCUT2D eigenvalue weighted by Gasteiger charge is -2.48. The number of hydrogen-bond acceptors (Lipinski definition) is 5. The Labute approximate surface area is 154 Å². The van der Waals surface area contributed by atoms with E-state index in [4.69, 9.17) is 4.63 Å². The Bertz CT molecular complexity index is 774. The zero-order chi connectivity index (χ0) is 18.0. The topological polar surface area (TPSA) is 62.5 Å². The van der Waals surface area contributed by atoms with E-state index in [-0.39, 0.29) is 5.41 Å². The van der Waals surface area contributed by atoms with Crippen LogP contribution in [0.4, 0.5) is 0 Å². The van der Waals surface area contributed by atoms with Crippen molar-refractivity contribution in [3.05, 3.63) is 23.8 Å². The van der Waals surface area contributed by atoms with Gasteiger partial charge in [0.2, 0.25) is 5.91 Å². The number of benzene rings is 1. The van der Waals surface area contributed by atoms with Crippen LogP contribution in [0.1, 0.15) is 51.0 Å². The zero-order valence-electron chi connectivity index (χ0n) is 15.6. The lowest BCUT2D eigenvalue weighted by Crippen LogP contribution is -2.53. The van der Waals surface area contributed by atoms with Crippen molar-refractivity contribution in [1.82, 2.24) is 20.1 Å². The van der Waals surface area contributed by atoms with Crippen LogP contribution in [0.5, 0.6) is 0 Å². The monoisotopic (exact) mass is 356 g/mol. The summed E-state index contributed by atoms with van der Waals surface area (Å²) < 4.78 is 4.91. The van der Waals surface area contributed by atoms with Crippen LogP contribution >= 0.6 is 0 Å². The molecule has 2 fully saturated rings. The maximum Gasteiger partial charge on any atom is 0.222 e. The minimum atomic E-state index is 0.260. The Kier molecular flexibility index (Phi) is 4.94. The first kappa shape index (κ1) is 17.5. The Morgan fingerprint density at radius 1 is 1.23 bits per heavy atom. The average molecular weight is 356 g/mol. The van der Waals surface area contributed by atoms with Crippen molar-refractivity contribution in [3.63, 3.8) is 0 Å². The highest BCUT2D eigenvalue weighted by atomic mass is 16.6. The molecule has 0 bridgehead atoms. The maximum absolute atomic E-state index is 12.3. The van der Waals surface area contributed by atoms with Crippen LogP contribution in [0.15, 0.2) is 22.8 Å². The molecule has 3 heterocycles. The summed E-state index contributed by atoms with van der Waals surface area (Å²) in [4.78, 5) is 17.0. The van der Waals surface area contributed by atoms with E-state index in [0.29, 0.717) is 12.3 Å². The number of rotatable bonds is 5. The molecule has 2 aliphatic heterocycles. The normalized spacial score (nSPS) is 24.7. The predicted molar refractivity (Wildman–Crippen MR) is 99.5 cm³/mol. The molecule has 0 N–H and O–H groups in total. The summed E-state index contributed by atoms with van der Waals surface area (Å²) in [6.45, 7) is 7.07. The van der Waals surface area contributed by atoms with E-state index in [1.165, 1.54) is 18.4 Å². The van der Waals surface area contributed by atoms with Crippen molar-refractivity contribution in [2.24, 2.45) is 5.41 Å². The third kappa shape index (κ3) is 3.47. The van der Waals surface area contributed by atoms with Gasteiger partial charge in [-0.2, -0.15) is 0 Å². The van der Waals surface area contributed by atoms with Crippen molar-refractivity contribution in [3.8, 4) is 0 Å². The van der Waals surface area contributed by atoms with Gasteiger partial charge in [-0.25, -0.2) is 4.63 Å². The van der Waals surface area contributed by atoms with Crippen LogP contribution in [0.3, 0.4) is 0 Å². The van der Waals surface area contributed by atoms with Crippen LogP contribution in [-0.2, 0) is 11.3 Å². The van der Waals surface area contributed by atoms with Crippen molar-refractivity contribution in [1.29, 1.82) is 0 Å². The number of aromatic nitrogens is 2. The molecule has 0 saturated carbocycles. The molecule has 6 nitrogen and oxygen atoms in total. The number of hydrogen-bond donors (Lipinski definition) is 0. The molecular formula is C20H28N4O2. The average Bonchev–Trinajstić information content (AvgIpc) is 3.13. The summed E-state index contributed by atoms with van der Waals surface area (Å²) in [5, 5.41) is 8.03. The molecule has 6 heteroatoms. The van der Waals surface area contributed by atoms with Gasteiger partial charge in [-0.1, -0.05) is 25.5 Å². The van der Waals surface area contributed by atoms with Crippen LogP contribution < -0.4 is 0 Å². The molecule has 2 saturated heterocycles. The Hall–Kier alpha value is -1.95. The summed E-state index contributed by atoms with van der Waals surface area (Å²) >= 11 is 0. The summed E-state index contributed by atoms with van der Waals surface area (Å²) in [5.41, 5.74) is 3.13. The SMILES string of the molecule is CCCCN1C[C@@]2(CCCN(Cc3cccc4nonc34)C2)CCC1=O. The molecule has 0 aliphatic carbocycles. The number of likely N-dealkylation sites (tertiary alicyclic amines) is 2. The van der Waals surface area contributed by atoms with Crippen molar-refractivity contribution in [2.75, 3.05) is 26.2 Å². The van der Waals surface area contributed by atoms with Gasteiger partial charge in [0.25, 0.3) is 0 Å². The van der Waals surface area contributed by atoms with Crippen LogP contribution in [0.25, 0.3) is 11.0 Å². The zero-order valence-corrected chi connectivity index (χ0v) is 15.6. The summed E-state index contributed by atoms with van der Waals surface area (Å²) in [6, 6.07) is 6.07. The maximum atomic E-state index is 12.3. The first-order valence-corrected chi connectivity index (χ1v) is 9.89. The summed E-state index contributed by atoms with van der Waals surface area (Å²) in [5.74, 6) is 0.347. The molecule has 0 unspecified atom stereocenters. The molecule has 1 aromatic heterocycles. The highest BCUT2D eigenvalue weighted by Gasteiger charge is 2.41. The number of carbonyl (C=O) groups is 1. The first-order valence-electron chi connectivity index (χ1n) is 9.89. The second-order valence-electron chi connectivity index (χ2n) is 8.03. The molecule has 1 amide bonds. The van der Waals surface area contributed by atoms with E-state index in [2.05, 4.69) is 33.1 Å². The third-order valence-electron chi connectivity index (χ3n) is 6.03. The Morgan fingerprint density at radius 3 is 3.04 bits per heavy atom. The van der Waals surface area contributed by atoms with Crippen molar-refractivity contribution >= 4 is 16.9 Å². The molecule has 4 rings (SSSR count). The highest BCUT2D eigenvalue weighted by molar-refractivity contribution is 5.77. The molecule has 1 atom stereocenters. The van der Waals surface area contributed by atoms with Gasteiger partial charge in [0.15, 0.2) is 0 Å². The molecule has 26 heavy (non-hydrogen) atoms. The second-order valence-corrected chi connectivity index (χ2v) is 8.03. The van der Waals surface area contributed by atoms with Gasteiger partial charge in [0.05, 0.1) is 0 Å². The van der Waals surface area contributed by atoms with Crippen molar-refractivity contribution in [2.45, 2.75) is 52.0 Å². The van der Waals surface area contributed by atoms with Gasteiger partial charge in [0.1, 0.15) is 11.0 Å². The minimum Gasteiger partial charge on any atom is -0.342 e. The smallest absolute Gasteiger partial charge is 0.222 e. The number of unbranched alkanes of at least 4 members (excludes halogenated alkanes) is 1. The Morgan fingerprint density at radius 2 is 2.15 bits per heavy atom. The lowest BCUT2D eigenvalue weighted by molar-refractivity contribution is -0.139. The van der Waals surface area contributed by atoms with Crippen molar-refractivity contribution < 1.29 is 9.42 Å². The van der Waals surface area contributed by atoms with Gasteiger partial charge >= 0.3 is 0 Å². The highest BCUT2D eigenvalue weighted by Crippen LogP contribution is 2.39. The Balaban J connectivity index is 1.47. The summed E-state index contributed by atoms with van der Waals surface area (Å²) in [6.07, 6.45) is 6.41. The van der Waals surface area contributed by atoms with E-state index in [1.54, 1.807) is 0 Å². The number of amides is 1. The number of carbonyl (C=O) groups excluding carboxylic acids is 1. The molecule has 1 aromatic carbocycles. The molecule has 2 aliphatic rings. The fraction of sp³-hybridized carbons (Fsp3) is 0.650. The fourth-order valence-electron chi connectivity index (χ4n) is 4.66. The van der Waals surface area contributed by atoms with Gasteiger partial charge in [-0.15, -0.1) is 0 Å². The van der Waals surface area contributed by atoms with Gasteiger partial charge < -0.3 is 4.90 Å². The van der Waals surface area contributed by atoms with E-state index in [9.17, 15) is 4.79 Å². The molecule has 1 spiro atoms. The fourth-order valence-corrected chi connectivity index (χ4v) is 4.66. The van der Waals surface area contributed by atoms with Crippen LogP contribution in [0, 0.1) is 5.41 Å². The van der Waals surface area contributed by atoms with Crippen LogP contribution in [0.2, 0.25) is 0 Å². The minimum absolute atomic E-state index is 0.260. The quantitative estimate of drug-likeness (QED) is 0.823. The number of piperidine rings is 2. The van der Waals surface area contributed by atoms with E-state index < -0.39 is 0 Å². The van der Waals surface area contributed by atoms with E-state index in [1.807, 2.05) is 12.1 Å². The van der Waals surface area contributed by atoms with E-state index in [0.717, 1.165) is 63.0 Å². The van der Waals surface area contributed by atoms with E-state index >= 15 is 0 Å². The molecular weight excluding hydrogens is 328 g/mol. The molecule has 0 radical (unpaired) electrons. The molecule has 2 aromatic rings. The van der Waals surface area contributed by atoms with Gasteiger partial charge in [0, 0.05) is 38.0 Å². The van der Waals surface area contributed by atoms with Gasteiger partial charge in [-0.05, 0) is 54.2 Å². The second kappa shape index (κ2) is 7.35. The third-order valence-corrected chi connectivity index (χ3v) is 6.03. The molecule has 140 valence electrons. The largest absolute Gasteiger partial charge is 0.342 e. The standard InChI is InChI=1S/C20H28N4O2/c1-2-3-12-24-15-20(10-8-18(24)25)9-5-11-23(14-20)13-16-6-4-7-17-19(16)22-26-21-17/h4,6-7H,2-3,5,8-15H2,1H3/t20-/m0/s1. The predicted octanol–water partition coefficient (Wildman–Crippen LogP) is 3.23. The van der Waals surface area contributed by atoms with Crippen LogP contribution in [-0.4, -0.2) is 52.2 Å². The number of fused-ring (bicyclic) bond motifs is 1. The lowest BCUT2D eigenvalue weighted by atomic mass is 9.73. The number of nitrogens with zero attached hydrogens (tertiary/aromatic N) is 4. The first-order chi connectivity index (χ1) is 12.7. The van der Waals surface area contributed by atoms with Gasteiger partial charge in [-0.3, -0.25) is 9.69 Å².